The van der Waals surface area contributed by atoms with Gasteiger partial charge in [0.15, 0.2) is 46.3 Å². The predicted molar refractivity (Wildman–Crippen MR) is 501 cm³/mol. The largest absolute Gasteiger partial charge is 1.00 e. The number of aliphatic hydroxyl groups is 1. The summed E-state index contributed by atoms with van der Waals surface area (Å²) in [6.07, 6.45) is 3.37. The molecule has 43 heteroatoms. The lowest BCUT2D eigenvalue weighted by atomic mass is 9.81. The van der Waals surface area contributed by atoms with Crippen molar-refractivity contribution in [1.82, 2.24) is 5.32 Å². The number of ketones is 8. The number of rotatable bonds is 30. The van der Waals surface area contributed by atoms with Crippen molar-refractivity contribution in [2.45, 2.75) is 46.5 Å². The first kappa shape index (κ1) is 114. The number of amides is 2. The molecule has 0 aromatic heterocycles. The van der Waals surface area contributed by atoms with E-state index < -0.39 is 49.0 Å². The number of carbonyl (C=O) groups is 11. The van der Waals surface area contributed by atoms with Gasteiger partial charge in [-0.05, 0) is 50.6 Å². The molecule has 0 unspecified atom stereocenters. The van der Waals surface area contributed by atoms with Crippen LogP contribution in [-0.2, 0) is 48.5 Å². The van der Waals surface area contributed by atoms with Crippen LogP contribution in [0.5, 0.6) is 5.75 Å². The van der Waals surface area contributed by atoms with Gasteiger partial charge in [-0.15, -0.1) is 0 Å². The third-order valence-electron chi connectivity index (χ3n) is 21.1. The lowest BCUT2D eigenvalue weighted by Gasteiger charge is -2.28. The van der Waals surface area contributed by atoms with E-state index in [1.54, 1.807) is 110 Å². The lowest BCUT2D eigenvalue weighted by molar-refractivity contribution is -0.888. The molecule has 732 valence electrons. The van der Waals surface area contributed by atoms with Crippen molar-refractivity contribution >= 4 is 135 Å². The number of fused-ring (bicyclic) bond motifs is 8. The van der Waals surface area contributed by atoms with Crippen LogP contribution in [0.25, 0.3) is 0 Å². The summed E-state index contributed by atoms with van der Waals surface area (Å²) in [5.74, 6) is -3.83. The molecule has 8 aromatic carbocycles. The lowest BCUT2D eigenvalue weighted by Crippen LogP contribution is -3.00. The Hall–Kier alpha value is -11.9. The second-order valence-corrected chi connectivity index (χ2v) is 37.9. The Morgan fingerprint density at radius 2 is 0.674 bits per heavy atom. The van der Waals surface area contributed by atoms with Crippen molar-refractivity contribution in [3.05, 3.63) is 233 Å². The molecule has 4 aliphatic carbocycles. The number of halogens is 1. The van der Waals surface area contributed by atoms with Crippen molar-refractivity contribution in [1.29, 1.82) is 0 Å². The number of hydrogen-bond donors (Lipinski definition) is 10. The molecule has 4 aliphatic rings. The van der Waals surface area contributed by atoms with E-state index in [1.807, 2.05) is 6.92 Å². The highest BCUT2D eigenvalue weighted by Gasteiger charge is 2.41. The van der Waals surface area contributed by atoms with E-state index in [9.17, 15) is 91.7 Å². The van der Waals surface area contributed by atoms with Gasteiger partial charge in [-0.1, -0.05) is 97.1 Å². The number of nitrogen functional groups attached to an aromatic ring is 4. The first-order valence-corrected chi connectivity index (χ1v) is 45.9. The Kier molecular flexibility index (Phi) is 40.8. The van der Waals surface area contributed by atoms with Gasteiger partial charge in [-0.3, -0.25) is 60.5 Å². The summed E-state index contributed by atoms with van der Waals surface area (Å²) in [5.41, 5.74) is 36.7. The van der Waals surface area contributed by atoms with Crippen LogP contribution in [0, 0.1) is 6.92 Å². The number of nitrogens with one attached hydrogen (secondary N) is 4. The monoisotopic (exact) mass is 2040 g/mol. The van der Waals surface area contributed by atoms with Gasteiger partial charge in [0.1, 0.15) is 5.75 Å². The van der Waals surface area contributed by atoms with Gasteiger partial charge in [0.25, 0.3) is 11.8 Å². The van der Waals surface area contributed by atoms with Crippen molar-refractivity contribution in [2.75, 3.05) is 216 Å². The molecular formula is C92H118IN13O26S3. The third-order valence-corrected chi connectivity index (χ3v) is 22.3. The zero-order valence-electron chi connectivity index (χ0n) is 78.3. The molecule has 0 saturated carbocycles. The summed E-state index contributed by atoms with van der Waals surface area (Å²) in [5, 5.41) is 21.3. The van der Waals surface area contributed by atoms with Gasteiger partial charge in [0.2, 0.25) is 31.2 Å². The zero-order valence-corrected chi connectivity index (χ0v) is 82.9. The van der Waals surface area contributed by atoms with Crippen molar-refractivity contribution in [3.8, 4) is 5.75 Å². The Morgan fingerprint density at radius 3 is 0.970 bits per heavy atom. The van der Waals surface area contributed by atoms with E-state index in [4.69, 9.17) is 43.2 Å². The SMILES string of the molecule is CCOC(=O)c1cc(NCCC[N+](C)(C)CC)c2c(c1N)C(=O)c1ccccc1C2=O.COS(=O)(=O)[O-].COS(=O)(=O)[O-].COS(=O)(=O)[O-].C[N+](C)(C)CCCNc1cc(C(=O)NCCO)c(N)c2c1C(=O)c1ccccc1C2=O.C[N+](C)(C)CCCNc1cc(C(N)=O)c(N)c2c1C(=O)c1ccccc1C2=O.Cc1cc(OCCC[N+](C)(C)C)c2c(c1N)C(=O)c1ccccc1C2=O.[I-]. The zero-order chi connectivity index (χ0) is 101. The molecule has 39 nitrogen and oxygen atoms in total. The highest BCUT2D eigenvalue weighted by atomic mass is 127. The molecule has 0 bridgehead atoms. The average Bonchev–Trinajstić information content (AvgIpc) is 0.754. The number of hydrogen-bond acceptors (Lipinski definition) is 33. The summed E-state index contributed by atoms with van der Waals surface area (Å²) in [6, 6.07) is 33.0. The number of carbonyl (C=O) groups excluding carboxylic acids is 11. The molecule has 0 aliphatic heterocycles. The fraction of sp³-hybridized carbons (Fsp3) is 0.359. The van der Waals surface area contributed by atoms with Crippen LogP contribution in [-0.4, -0.2) is 304 Å². The van der Waals surface area contributed by atoms with Gasteiger partial charge in [-0.25, -0.2) is 30.0 Å². The first-order valence-electron chi connectivity index (χ1n) is 41.9. The number of quaternary nitrogens is 4. The first-order chi connectivity index (χ1) is 62.4. The van der Waals surface area contributed by atoms with Crippen molar-refractivity contribution in [2.24, 2.45) is 5.73 Å². The van der Waals surface area contributed by atoms with E-state index in [-0.39, 0.29) is 174 Å². The summed E-state index contributed by atoms with van der Waals surface area (Å²) in [6.45, 7) is 12.6. The van der Waals surface area contributed by atoms with Crippen LogP contribution in [0.15, 0.2) is 121 Å². The van der Waals surface area contributed by atoms with Crippen LogP contribution >= 0.6 is 0 Å². The summed E-state index contributed by atoms with van der Waals surface area (Å²) >= 11 is 0. The van der Waals surface area contributed by atoms with Crippen LogP contribution in [0.2, 0.25) is 0 Å². The minimum atomic E-state index is -4.41. The van der Waals surface area contributed by atoms with Crippen molar-refractivity contribution < 1.29 is 161 Å². The van der Waals surface area contributed by atoms with Crippen molar-refractivity contribution in [3.63, 3.8) is 0 Å². The minimum Gasteiger partial charge on any atom is -1.00 e. The quantitative estimate of drug-likeness (QED) is 0.00588. The maximum Gasteiger partial charge on any atom is 0.340 e. The third kappa shape index (κ3) is 30.8. The molecule has 0 atom stereocenters. The summed E-state index contributed by atoms with van der Waals surface area (Å²) in [4.78, 5) is 142. The maximum absolute atomic E-state index is 13.3. The number of nitrogens with zero attached hydrogens (tertiary/aromatic N) is 4. The maximum atomic E-state index is 13.3. The Labute approximate surface area is 802 Å². The van der Waals surface area contributed by atoms with E-state index >= 15 is 0 Å². The number of nitrogens with two attached hydrogens (primary N) is 5. The number of primary amides is 1. The van der Waals surface area contributed by atoms with Gasteiger partial charge in [0, 0.05) is 119 Å². The smallest absolute Gasteiger partial charge is 0.340 e. The Morgan fingerprint density at radius 1 is 0.400 bits per heavy atom. The Bertz CT molecular complexity index is 6110. The van der Waals surface area contributed by atoms with Crippen LogP contribution < -0.4 is 78.6 Å². The molecule has 8 aromatic rings. The molecule has 135 heavy (non-hydrogen) atoms. The van der Waals surface area contributed by atoms with Crippen LogP contribution in [0.1, 0.15) is 204 Å². The van der Waals surface area contributed by atoms with E-state index in [1.165, 1.54) is 18.2 Å². The fourth-order valence-corrected chi connectivity index (χ4v) is 14.1. The molecular weight excluding hydrogens is 1930 g/mol. The molecule has 0 saturated heterocycles. The highest BCUT2D eigenvalue weighted by molar-refractivity contribution is 7.81. The average molecular weight is 2050 g/mol. The number of ether oxygens (including phenoxy) is 2. The van der Waals surface area contributed by atoms with Crippen LogP contribution in [0.3, 0.4) is 0 Å². The van der Waals surface area contributed by atoms with Crippen LogP contribution in [0.4, 0.5) is 39.8 Å². The minimum absolute atomic E-state index is 0. The van der Waals surface area contributed by atoms with E-state index in [0.29, 0.717) is 93.7 Å². The number of benzene rings is 8. The topological polar surface area (TPSA) is 604 Å². The van der Waals surface area contributed by atoms with E-state index in [0.717, 1.165) is 103 Å². The number of aliphatic hydroxyl groups excluding tert-OH is 1. The van der Waals surface area contributed by atoms with Gasteiger partial charge in [0.05, 0.1) is 230 Å². The Balaban J connectivity index is 0.000000298. The number of esters is 1. The van der Waals surface area contributed by atoms with Gasteiger partial charge in [-0.2, -0.15) is 0 Å². The molecule has 12 rings (SSSR count). The predicted octanol–water partition coefficient (Wildman–Crippen LogP) is 3.16. The van der Waals surface area contributed by atoms with Gasteiger partial charge < -0.3 is 120 Å². The molecule has 0 heterocycles. The summed E-state index contributed by atoms with van der Waals surface area (Å²) in [7, 11) is 12.4. The van der Waals surface area contributed by atoms with Gasteiger partial charge >= 0.3 is 5.97 Å². The fourth-order valence-electron chi connectivity index (χ4n) is 14.1. The number of aryl methyl sites for hydroxylation is 1. The molecule has 15 N–H and O–H groups in total. The normalized spacial score (nSPS) is 12.8. The molecule has 0 fully saturated rings. The highest BCUT2D eigenvalue weighted by Crippen LogP contribution is 2.43. The number of anilines is 7. The molecule has 0 spiro atoms. The second-order valence-electron chi connectivity index (χ2n) is 34.4. The molecule has 2 amide bonds. The van der Waals surface area contributed by atoms with E-state index in [2.05, 4.69) is 118 Å². The molecule has 0 radical (unpaired) electrons. The summed E-state index contributed by atoms with van der Waals surface area (Å²) < 4.78 is 107. The standard InChI is InChI=1S/C24H29N3O4.C23H28N4O4.C21H24N4O3.C21H24N2O3.3CH4O4S.HI/c1-5-27(3,4)13-9-12-26-18-14-17(24(30)31-6-2)21(25)20-19(18)22(28)15-10-7-8-11-16(15)23(20)29;1-27(2,3)11-6-9-25-17-13-16(23(31)26-10-12-28)20(24)19-18(17)21(29)14-7-4-5-8-15(14)22(19)30;1-25(2,3)10-6-9-24-15-11-14(21(23)28)18(22)17-16(15)19(26)12-7-4-5-8-13(12)20(17)27;1-13-12-16(26-11-7-10-23(2,3)4)17-18(19(13)22)21(25)15-9-6-5-8-14(15)20(17)24;3*1-5-6(2,3)4;/h7-8,10-11,14H,5-6,9,12-13H2,1-4H3,(H2-,25,26,28,29,30);4-5,7-8,13,28H,6,9-12H2,1-3H3,(H3-,24,25,26,29,30,31);4-5,7-8,11H,6,9-10H2,1-3H3,(H4-,22,23,24,26,27,28);5-6,8-9,12H,7,10-11H2,1-4H3,(H-,22,25);3*1H3,(H,2,3,4);1H. The second kappa shape index (κ2) is 48.5.